The van der Waals surface area contributed by atoms with Crippen molar-refractivity contribution in [3.63, 3.8) is 0 Å². The van der Waals surface area contributed by atoms with E-state index in [1.807, 2.05) is 6.92 Å². The lowest BCUT2D eigenvalue weighted by Crippen LogP contribution is -2.41. The lowest BCUT2D eigenvalue weighted by Gasteiger charge is -2.32. The predicted molar refractivity (Wildman–Crippen MR) is 115 cm³/mol. The fourth-order valence-electron chi connectivity index (χ4n) is 4.05. The molecule has 2 aromatic rings. The van der Waals surface area contributed by atoms with Gasteiger partial charge in [-0.3, -0.25) is 4.79 Å². The zero-order chi connectivity index (χ0) is 21.8. The molecule has 9 heteroatoms. The van der Waals surface area contributed by atoms with Crippen LogP contribution in [0.4, 0.5) is 0 Å². The maximum atomic E-state index is 12.9. The number of likely N-dealkylation sites (tertiary alicyclic amines) is 1. The molecule has 31 heavy (non-hydrogen) atoms. The molecule has 8 nitrogen and oxygen atoms in total. The predicted octanol–water partition coefficient (Wildman–Crippen LogP) is 2.64. The van der Waals surface area contributed by atoms with E-state index >= 15 is 0 Å². The third-order valence-corrected chi connectivity index (χ3v) is 7.73. The molecule has 0 atom stereocenters. The van der Waals surface area contributed by atoms with Crippen LogP contribution in [-0.4, -0.2) is 65.8 Å². The summed E-state index contributed by atoms with van der Waals surface area (Å²) in [6.07, 6.45) is 5.98. The summed E-state index contributed by atoms with van der Waals surface area (Å²) in [6.45, 7) is 4.11. The Bertz CT molecular complexity index is 1010. The van der Waals surface area contributed by atoms with Crippen LogP contribution >= 0.6 is 0 Å². The Morgan fingerprint density at radius 1 is 1.00 bits per heavy atom. The molecule has 1 aromatic heterocycles. The number of aromatic nitrogens is 2. The summed E-state index contributed by atoms with van der Waals surface area (Å²) < 4.78 is 33.0. The van der Waals surface area contributed by atoms with Crippen LogP contribution in [0.5, 0.6) is 5.88 Å². The number of hydrogen-bond donors (Lipinski definition) is 0. The number of piperidine rings is 2. The Morgan fingerprint density at radius 2 is 1.68 bits per heavy atom. The molecule has 0 saturated carbocycles. The highest BCUT2D eigenvalue weighted by Gasteiger charge is 2.28. The van der Waals surface area contributed by atoms with E-state index in [4.69, 9.17) is 4.74 Å². The van der Waals surface area contributed by atoms with Gasteiger partial charge in [-0.2, -0.15) is 9.29 Å². The van der Waals surface area contributed by atoms with Gasteiger partial charge >= 0.3 is 0 Å². The first-order chi connectivity index (χ1) is 14.9. The van der Waals surface area contributed by atoms with Crippen LogP contribution in [0.1, 0.15) is 48.3 Å². The smallest absolute Gasteiger partial charge is 0.253 e. The number of amides is 1. The van der Waals surface area contributed by atoms with Gasteiger partial charge in [-0.15, -0.1) is 0 Å². The molecule has 2 aliphatic rings. The molecule has 1 aromatic carbocycles. The average Bonchev–Trinajstić information content (AvgIpc) is 2.80. The van der Waals surface area contributed by atoms with E-state index in [9.17, 15) is 13.2 Å². The van der Waals surface area contributed by atoms with Gasteiger partial charge in [0.05, 0.1) is 4.90 Å². The second-order valence-electron chi connectivity index (χ2n) is 8.04. The maximum Gasteiger partial charge on any atom is 0.253 e. The molecule has 2 saturated heterocycles. The fourth-order valence-corrected chi connectivity index (χ4v) is 5.57. The van der Waals surface area contributed by atoms with Gasteiger partial charge < -0.3 is 9.64 Å². The van der Waals surface area contributed by atoms with Crippen molar-refractivity contribution in [3.8, 4) is 5.88 Å². The Labute approximate surface area is 183 Å². The van der Waals surface area contributed by atoms with Crippen LogP contribution < -0.4 is 4.74 Å². The first-order valence-corrected chi connectivity index (χ1v) is 12.2. The molecule has 4 rings (SSSR count). The van der Waals surface area contributed by atoms with Crippen LogP contribution in [0, 0.1) is 6.92 Å². The summed E-state index contributed by atoms with van der Waals surface area (Å²) in [5, 5.41) is 0. The molecule has 0 radical (unpaired) electrons. The summed E-state index contributed by atoms with van der Waals surface area (Å²) >= 11 is 0. The second kappa shape index (κ2) is 9.32. The second-order valence-corrected chi connectivity index (χ2v) is 9.98. The normalized spacial score (nSPS) is 18.7. The summed E-state index contributed by atoms with van der Waals surface area (Å²) in [6, 6.07) is 8.07. The Balaban J connectivity index is 1.34. The van der Waals surface area contributed by atoms with Crippen molar-refractivity contribution < 1.29 is 17.9 Å². The monoisotopic (exact) mass is 444 g/mol. The lowest BCUT2D eigenvalue weighted by atomic mass is 10.1. The van der Waals surface area contributed by atoms with Crippen molar-refractivity contribution >= 4 is 15.9 Å². The van der Waals surface area contributed by atoms with E-state index in [0.29, 0.717) is 43.4 Å². The standard InChI is InChI=1S/C22H28N4O4S/c1-17-23-12-9-21(24-17)30-19-10-15-25(16-11-19)22(27)18-5-7-20(8-6-18)31(28,29)26-13-3-2-4-14-26/h5-9,12,19H,2-4,10-11,13-16H2,1H3. The zero-order valence-corrected chi connectivity index (χ0v) is 18.6. The number of aryl methyl sites for hydroxylation is 1. The van der Waals surface area contributed by atoms with Gasteiger partial charge in [0.15, 0.2) is 0 Å². The number of hydrogen-bond acceptors (Lipinski definition) is 6. The van der Waals surface area contributed by atoms with E-state index in [2.05, 4.69) is 9.97 Å². The molecule has 0 unspecified atom stereocenters. The minimum atomic E-state index is -3.49. The van der Waals surface area contributed by atoms with Crippen LogP contribution in [0.2, 0.25) is 0 Å². The highest BCUT2D eigenvalue weighted by atomic mass is 32.2. The SMILES string of the molecule is Cc1nccc(OC2CCN(C(=O)c3ccc(S(=O)(=O)N4CCCCC4)cc3)CC2)n1. The summed E-state index contributed by atoms with van der Waals surface area (Å²) in [4.78, 5) is 23.2. The number of carbonyl (C=O) groups is 1. The van der Waals surface area contributed by atoms with Gasteiger partial charge in [-0.25, -0.2) is 13.4 Å². The summed E-state index contributed by atoms with van der Waals surface area (Å²) in [5.74, 6) is 1.14. The average molecular weight is 445 g/mol. The molecule has 166 valence electrons. The third kappa shape index (κ3) is 5.04. The Hall–Kier alpha value is -2.52. The van der Waals surface area contributed by atoms with Gasteiger partial charge in [0.25, 0.3) is 5.91 Å². The molecular formula is C22H28N4O4S. The molecule has 2 fully saturated rings. The van der Waals surface area contributed by atoms with Crippen molar-refractivity contribution in [1.29, 1.82) is 0 Å². The molecule has 3 heterocycles. The van der Waals surface area contributed by atoms with Crippen LogP contribution in [0.15, 0.2) is 41.4 Å². The molecule has 1 amide bonds. The van der Waals surface area contributed by atoms with E-state index in [0.717, 1.165) is 32.1 Å². The van der Waals surface area contributed by atoms with Crippen molar-refractivity contribution in [2.45, 2.75) is 50.0 Å². The fraction of sp³-hybridized carbons (Fsp3) is 0.500. The van der Waals surface area contributed by atoms with E-state index in [1.165, 1.54) is 4.31 Å². The molecular weight excluding hydrogens is 416 g/mol. The number of benzene rings is 1. The van der Waals surface area contributed by atoms with E-state index < -0.39 is 10.0 Å². The molecule has 0 bridgehead atoms. The third-order valence-electron chi connectivity index (χ3n) is 5.82. The van der Waals surface area contributed by atoms with Crippen molar-refractivity contribution in [1.82, 2.24) is 19.2 Å². The van der Waals surface area contributed by atoms with Crippen LogP contribution in [0.3, 0.4) is 0 Å². The van der Waals surface area contributed by atoms with Gasteiger partial charge in [-0.1, -0.05) is 6.42 Å². The maximum absolute atomic E-state index is 12.9. The number of nitrogens with zero attached hydrogens (tertiary/aromatic N) is 4. The Kier molecular flexibility index (Phi) is 6.52. The van der Waals surface area contributed by atoms with Crippen molar-refractivity contribution in [2.24, 2.45) is 0 Å². The minimum Gasteiger partial charge on any atom is -0.474 e. The zero-order valence-electron chi connectivity index (χ0n) is 17.7. The number of carbonyl (C=O) groups excluding carboxylic acids is 1. The largest absolute Gasteiger partial charge is 0.474 e. The van der Waals surface area contributed by atoms with Crippen LogP contribution in [0.25, 0.3) is 0 Å². The topological polar surface area (TPSA) is 92.7 Å². The Morgan fingerprint density at radius 3 is 2.32 bits per heavy atom. The number of rotatable bonds is 5. The van der Waals surface area contributed by atoms with Gasteiger partial charge in [0.1, 0.15) is 11.9 Å². The quantitative estimate of drug-likeness (QED) is 0.704. The highest BCUT2D eigenvalue weighted by Crippen LogP contribution is 2.22. The summed E-state index contributed by atoms with van der Waals surface area (Å²) in [5.41, 5.74) is 0.503. The molecule has 0 N–H and O–H groups in total. The van der Waals surface area contributed by atoms with Gasteiger partial charge in [-0.05, 0) is 44.0 Å². The van der Waals surface area contributed by atoms with Gasteiger partial charge in [0.2, 0.25) is 15.9 Å². The summed E-state index contributed by atoms with van der Waals surface area (Å²) in [7, 11) is -3.49. The first kappa shape index (κ1) is 21.7. The van der Waals surface area contributed by atoms with Crippen molar-refractivity contribution in [2.75, 3.05) is 26.2 Å². The molecule has 0 spiro atoms. The minimum absolute atomic E-state index is 0.00964. The van der Waals surface area contributed by atoms with E-state index in [-0.39, 0.29) is 16.9 Å². The van der Waals surface area contributed by atoms with E-state index in [1.54, 1.807) is 41.4 Å². The number of ether oxygens (including phenoxy) is 1. The molecule has 0 aliphatic carbocycles. The highest BCUT2D eigenvalue weighted by molar-refractivity contribution is 7.89. The van der Waals surface area contributed by atoms with Crippen LogP contribution in [-0.2, 0) is 10.0 Å². The van der Waals surface area contributed by atoms with Crippen molar-refractivity contribution in [3.05, 3.63) is 47.9 Å². The number of sulfonamides is 1. The van der Waals surface area contributed by atoms with Gasteiger partial charge in [0, 0.05) is 56.8 Å². The first-order valence-electron chi connectivity index (χ1n) is 10.8. The lowest BCUT2D eigenvalue weighted by molar-refractivity contribution is 0.0587. The molecule has 2 aliphatic heterocycles.